The maximum atomic E-state index is 13.4. The summed E-state index contributed by atoms with van der Waals surface area (Å²) in [4.78, 5) is 0. The van der Waals surface area contributed by atoms with Crippen molar-refractivity contribution in [2.24, 2.45) is 5.92 Å². The summed E-state index contributed by atoms with van der Waals surface area (Å²) in [6.07, 6.45) is -3.75. The molecule has 0 heterocycles. The average Bonchev–Trinajstić information content (AvgIpc) is 2.35. The summed E-state index contributed by atoms with van der Waals surface area (Å²) in [5, 5.41) is 2.48. The maximum Gasteiger partial charge on any atom is 0.391 e. The molecule has 112 valence electrons. The number of anilines is 1. The zero-order chi connectivity index (χ0) is 14.9. The van der Waals surface area contributed by atoms with Crippen molar-refractivity contribution in [3.63, 3.8) is 0 Å². The normalized spacial score (nSPS) is 23.7. The van der Waals surface area contributed by atoms with Gasteiger partial charge in [0, 0.05) is 18.2 Å². The molecule has 0 aliphatic heterocycles. The van der Waals surface area contributed by atoms with E-state index in [2.05, 4.69) is 5.32 Å². The monoisotopic (exact) mass is 297 g/mol. The highest BCUT2D eigenvalue weighted by Crippen LogP contribution is 2.38. The van der Waals surface area contributed by atoms with Gasteiger partial charge >= 0.3 is 6.18 Å². The minimum absolute atomic E-state index is 0.0294. The molecule has 0 radical (unpaired) electrons. The van der Waals surface area contributed by atoms with Gasteiger partial charge in [0.1, 0.15) is 5.82 Å². The van der Waals surface area contributed by atoms with Gasteiger partial charge in [0.2, 0.25) is 0 Å². The highest BCUT2D eigenvalue weighted by molar-refractivity contribution is 5.46. The molecule has 7 heteroatoms. The van der Waals surface area contributed by atoms with Crippen molar-refractivity contribution in [3.05, 3.63) is 29.6 Å². The predicted octanol–water partition coefficient (Wildman–Crippen LogP) is 4.64. The fourth-order valence-corrected chi connectivity index (χ4v) is 2.50. The van der Waals surface area contributed by atoms with E-state index in [4.69, 9.17) is 0 Å². The number of rotatable bonds is 2. The van der Waals surface area contributed by atoms with E-state index in [0.717, 1.165) is 6.07 Å². The zero-order valence-electron chi connectivity index (χ0n) is 10.4. The lowest BCUT2D eigenvalue weighted by molar-refractivity contribution is -0.182. The van der Waals surface area contributed by atoms with Gasteiger partial charge in [-0.15, -0.1) is 0 Å². The van der Waals surface area contributed by atoms with E-state index in [1.54, 1.807) is 0 Å². The van der Waals surface area contributed by atoms with E-state index in [1.807, 2.05) is 0 Å². The standard InChI is InChI=1S/C13H13F6N/c14-8-5-10(15)12(16)11(6-8)20-9-3-1-2-7(4-9)13(17,18)19/h5-7,9,20H,1-4H2. The second-order valence-corrected chi connectivity index (χ2v) is 5.00. The van der Waals surface area contributed by atoms with Gasteiger partial charge in [-0.25, -0.2) is 13.2 Å². The van der Waals surface area contributed by atoms with E-state index in [1.165, 1.54) is 0 Å². The van der Waals surface area contributed by atoms with Gasteiger partial charge in [0.25, 0.3) is 0 Å². The molecule has 1 aliphatic carbocycles. The first-order valence-corrected chi connectivity index (χ1v) is 6.25. The van der Waals surface area contributed by atoms with Gasteiger partial charge in [-0.1, -0.05) is 6.42 Å². The molecule has 1 N–H and O–H groups in total. The second-order valence-electron chi connectivity index (χ2n) is 5.00. The van der Waals surface area contributed by atoms with Crippen LogP contribution in [0.25, 0.3) is 0 Å². The summed E-state index contributed by atoms with van der Waals surface area (Å²) in [5.74, 6) is -5.08. The molecule has 1 aromatic rings. The van der Waals surface area contributed by atoms with E-state index in [-0.39, 0.29) is 12.8 Å². The smallest absolute Gasteiger partial charge is 0.380 e. The molecule has 2 atom stereocenters. The van der Waals surface area contributed by atoms with E-state index in [0.29, 0.717) is 18.9 Å². The number of hydrogen-bond acceptors (Lipinski definition) is 1. The molecular weight excluding hydrogens is 284 g/mol. The first kappa shape index (κ1) is 15.0. The first-order chi connectivity index (χ1) is 9.27. The van der Waals surface area contributed by atoms with E-state index in [9.17, 15) is 26.3 Å². The van der Waals surface area contributed by atoms with Gasteiger partial charge < -0.3 is 5.32 Å². The minimum Gasteiger partial charge on any atom is -0.380 e. The number of nitrogens with one attached hydrogen (secondary N) is 1. The highest BCUT2D eigenvalue weighted by Gasteiger charge is 2.42. The topological polar surface area (TPSA) is 12.0 Å². The summed E-state index contributed by atoms with van der Waals surface area (Å²) in [6, 6.07) is 0.487. The van der Waals surface area contributed by atoms with Crippen molar-refractivity contribution in [1.29, 1.82) is 0 Å². The van der Waals surface area contributed by atoms with Crippen molar-refractivity contribution in [1.82, 2.24) is 0 Å². The van der Waals surface area contributed by atoms with Gasteiger partial charge in [-0.05, 0) is 19.3 Å². The largest absolute Gasteiger partial charge is 0.391 e. The summed E-state index contributed by atoms with van der Waals surface area (Å²) < 4.78 is 77.4. The predicted molar refractivity (Wildman–Crippen MR) is 61.7 cm³/mol. The van der Waals surface area contributed by atoms with Gasteiger partial charge in [-0.3, -0.25) is 0 Å². The quantitative estimate of drug-likeness (QED) is 0.619. The molecular formula is C13H13F6N. The molecule has 0 saturated heterocycles. The Morgan fingerprint density at radius 2 is 1.75 bits per heavy atom. The second kappa shape index (κ2) is 5.54. The molecule has 0 spiro atoms. The molecule has 1 nitrogen and oxygen atoms in total. The number of benzene rings is 1. The zero-order valence-corrected chi connectivity index (χ0v) is 10.4. The van der Waals surface area contributed by atoms with Gasteiger partial charge in [-0.2, -0.15) is 13.2 Å². The van der Waals surface area contributed by atoms with Crippen molar-refractivity contribution < 1.29 is 26.3 Å². The SMILES string of the molecule is Fc1cc(F)c(F)c(NC2CCCC(C(F)(F)F)C2)c1. The number of halogens is 6. The Hall–Kier alpha value is -1.40. The molecule has 1 aromatic carbocycles. The summed E-state index contributed by atoms with van der Waals surface area (Å²) in [6.45, 7) is 0. The van der Waals surface area contributed by atoms with Crippen LogP contribution in [0.15, 0.2) is 12.1 Å². The fourth-order valence-electron chi connectivity index (χ4n) is 2.50. The Balaban J connectivity index is 2.10. The minimum atomic E-state index is -4.30. The van der Waals surface area contributed by atoms with Crippen molar-refractivity contribution in [3.8, 4) is 0 Å². The molecule has 0 bridgehead atoms. The Morgan fingerprint density at radius 3 is 2.40 bits per heavy atom. The highest BCUT2D eigenvalue weighted by atomic mass is 19.4. The summed E-state index contributed by atoms with van der Waals surface area (Å²) in [5.41, 5.74) is -0.435. The molecule has 1 saturated carbocycles. The average molecular weight is 297 g/mol. The third-order valence-electron chi connectivity index (χ3n) is 3.49. The van der Waals surface area contributed by atoms with E-state index >= 15 is 0 Å². The van der Waals surface area contributed by atoms with Gasteiger partial charge in [0.05, 0.1) is 11.6 Å². The van der Waals surface area contributed by atoms with Crippen LogP contribution < -0.4 is 5.32 Å². The third kappa shape index (κ3) is 3.37. The van der Waals surface area contributed by atoms with Gasteiger partial charge in [0.15, 0.2) is 11.6 Å². The number of alkyl halides is 3. The van der Waals surface area contributed by atoms with Crippen LogP contribution in [0.1, 0.15) is 25.7 Å². The molecule has 2 rings (SSSR count). The maximum absolute atomic E-state index is 13.4. The van der Waals surface area contributed by atoms with Crippen LogP contribution in [0.3, 0.4) is 0 Å². The lowest BCUT2D eigenvalue weighted by atomic mass is 9.85. The molecule has 2 unspecified atom stereocenters. The van der Waals surface area contributed by atoms with Crippen LogP contribution in [-0.2, 0) is 0 Å². The van der Waals surface area contributed by atoms with Crippen LogP contribution in [-0.4, -0.2) is 12.2 Å². The van der Waals surface area contributed by atoms with Crippen LogP contribution in [0.4, 0.5) is 32.0 Å². The van der Waals surface area contributed by atoms with Crippen molar-refractivity contribution >= 4 is 5.69 Å². The fraction of sp³-hybridized carbons (Fsp3) is 0.538. The molecule has 1 fully saturated rings. The Bertz CT molecular complexity index is 484. The first-order valence-electron chi connectivity index (χ1n) is 6.25. The molecule has 1 aliphatic rings. The summed E-state index contributed by atoms with van der Waals surface area (Å²) >= 11 is 0. The number of hydrogen-bond donors (Lipinski definition) is 1. The van der Waals surface area contributed by atoms with Crippen molar-refractivity contribution in [2.45, 2.75) is 37.9 Å². The molecule has 0 amide bonds. The van der Waals surface area contributed by atoms with Crippen LogP contribution in [0.2, 0.25) is 0 Å². The molecule has 20 heavy (non-hydrogen) atoms. The van der Waals surface area contributed by atoms with Crippen molar-refractivity contribution in [2.75, 3.05) is 5.32 Å². The van der Waals surface area contributed by atoms with E-state index < -0.39 is 41.3 Å². The van der Waals surface area contributed by atoms with Crippen LogP contribution >= 0.6 is 0 Å². The third-order valence-corrected chi connectivity index (χ3v) is 3.49. The molecule has 0 aromatic heterocycles. The Morgan fingerprint density at radius 1 is 1.05 bits per heavy atom. The van der Waals surface area contributed by atoms with Crippen LogP contribution in [0, 0.1) is 23.4 Å². The summed E-state index contributed by atoms with van der Waals surface area (Å²) in [7, 11) is 0. The Kier molecular flexibility index (Phi) is 4.15. The lowest BCUT2D eigenvalue weighted by Crippen LogP contribution is -2.34. The Labute approximate surface area is 112 Å². The lowest BCUT2D eigenvalue weighted by Gasteiger charge is -2.31. The van der Waals surface area contributed by atoms with Crippen LogP contribution in [0.5, 0.6) is 0 Å².